The summed E-state index contributed by atoms with van der Waals surface area (Å²) in [6.07, 6.45) is 4.76. The maximum absolute atomic E-state index is 12.4. The maximum atomic E-state index is 12.4. The smallest absolute Gasteiger partial charge is 0.239 e. The van der Waals surface area contributed by atoms with Gasteiger partial charge in [-0.25, -0.2) is 0 Å². The number of nitrogens with one attached hydrogen (secondary N) is 1. The zero-order valence-electron chi connectivity index (χ0n) is 12.1. The predicted octanol–water partition coefficient (Wildman–Crippen LogP) is 3.22. The number of halogens is 1. The standard InChI is InChI=1S/C16H23ClN2O/c1-13(16(20)19-10-4-2-3-5-11-19)18-12-14-6-8-15(17)9-7-14/h6-9,13,18H,2-5,10-12H2,1H3. The van der Waals surface area contributed by atoms with Gasteiger partial charge in [0.2, 0.25) is 5.91 Å². The molecule has 1 heterocycles. The second-order valence-electron chi connectivity index (χ2n) is 5.47. The molecule has 3 nitrogen and oxygen atoms in total. The number of nitrogens with zero attached hydrogens (tertiary/aromatic N) is 1. The molecule has 1 fully saturated rings. The zero-order chi connectivity index (χ0) is 14.4. The van der Waals surface area contributed by atoms with Gasteiger partial charge in [-0.15, -0.1) is 0 Å². The molecule has 1 aromatic rings. The van der Waals surface area contributed by atoms with Gasteiger partial charge in [-0.1, -0.05) is 36.6 Å². The number of likely N-dealkylation sites (tertiary alicyclic amines) is 1. The zero-order valence-corrected chi connectivity index (χ0v) is 12.8. The minimum atomic E-state index is -0.135. The summed E-state index contributed by atoms with van der Waals surface area (Å²) in [6, 6.07) is 7.58. The lowest BCUT2D eigenvalue weighted by Gasteiger charge is -2.24. The number of carbonyl (C=O) groups excluding carboxylic acids is 1. The molecule has 1 unspecified atom stereocenters. The van der Waals surface area contributed by atoms with E-state index in [9.17, 15) is 4.79 Å². The molecule has 20 heavy (non-hydrogen) atoms. The Kier molecular flexibility index (Phi) is 5.86. The lowest BCUT2D eigenvalue weighted by atomic mass is 10.2. The summed E-state index contributed by atoms with van der Waals surface area (Å²) in [6.45, 7) is 4.46. The van der Waals surface area contributed by atoms with Crippen molar-refractivity contribution in [1.82, 2.24) is 10.2 Å². The van der Waals surface area contributed by atoms with Gasteiger partial charge in [-0.05, 0) is 37.5 Å². The van der Waals surface area contributed by atoms with Crippen molar-refractivity contribution in [3.63, 3.8) is 0 Å². The average molecular weight is 295 g/mol. The fourth-order valence-electron chi connectivity index (χ4n) is 2.53. The minimum absolute atomic E-state index is 0.135. The highest BCUT2D eigenvalue weighted by Crippen LogP contribution is 2.12. The summed E-state index contributed by atoms with van der Waals surface area (Å²) in [5, 5.41) is 4.04. The van der Waals surface area contributed by atoms with Crippen LogP contribution in [0.1, 0.15) is 38.2 Å². The van der Waals surface area contributed by atoms with Crippen molar-refractivity contribution in [3.8, 4) is 0 Å². The number of amides is 1. The Labute approximate surface area is 126 Å². The molecule has 110 valence electrons. The first-order valence-electron chi connectivity index (χ1n) is 7.43. The topological polar surface area (TPSA) is 32.3 Å². The molecule has 0 bridgehead atoms. The molecule has 2 rings (SSSR count). The van der Waals surface area contributed by atoms with Crippen LogP contribution >= 0.6 is 11.6 Å². The highest BCUT2D eigenvalue weighted by molar-refractivity contribution is 6.30. The lowest BCUT2D eigenvalue weighted by Crippen LogP contribution is -2.45. The van der Waals surface area contributed by atoms with Crippen LogP contribution in [-0.2, 0) is 11.3 Å². The van der Waals surface area contributed by atoms with Gasteiger partial charge in [-0.3, -0.25) is 4.79 Å². The Balaban J connectivity index is 1.82. The van der Waals surface area contributed by atoms with E-state index in [0.717, 1.165) is 36.5 Å². The van der Waals surface area contributed by atoms with Crippen LogP contribution in [0.4, 0.5) is 0 Å². The molecule has 0 saturated carbocycles. The molecular weight excluding hydrogens is 272 g/mol. The van der Waals surface area contributed by atoms with E-state index in [0.29, 0.717) is 6.54 Å². The molecule has 1 amide bonds. The van der Waals surface area contributed by atoms with Crippen molar-refractivity contribution in [2.24, 2.45) is 0 Å². The first-order valence-corrected chi connectivity index (χ1v) is 7.81. The van der Waals surface area contributed by atoms with Gasteiger partial charge in [0, 0.05) is 24.7 Å². The second kappa shape index (κ2) is 7.65. The molecular formula is C16H23ClN2O. The molecule has 1 saturated heterocycles. The Morgan fingerprint density at radius 3 is 2.40 bits per heavy atom. The third-order valence-corrected chi connectivity index (χ3v) is 4.07. The van der Waals surface area contributed by atoms with Crippen molar-refractivity contribution < 1.29 is 4.79 Å². The summed E-state index contributed by atoms with van der Waals surface area (Å²) in [5.74, 6) is 0.223. The van der Waals surface area contributed by atoms with Crippen LogP contribution in [-0.4, -0.2) is 29.9 Å². The number of hydrogen-bond donors (Lipinski definition) is 1. The third kappa shape index (κ3) is 4.50. The van der Waals surface area contributed by atoms with Gasteiger partial charge >= 0.3 is 0 Å². The van der Waals surface area contributed by atoms with E-state index in [-0.39, 0.29) is 11.9 Å². The van der Waals surface area contributed by atoms with Crippen LogP contribution in [0.3, 0.4) is 0 Å². The molecule has 0 aromatic heterocycles. The normalized spacial score (nSPS) is 17.6. The SMILES string of the molecule is CC(NCc1ccc(Cl)cc1)C(=O)N1CCCCCC1. The van der Waals surface area contributed by atoms with Gasteiger partial charge in [0.1, 0.15) is 0 Å². The van der Waals surface area contributed by atoms with Gasteiger partial charge in [0.25, 0.3) is 0 Å². The van der Waals surface area contributed by atoms with E-state index in [2.05, 4.69) is 5.32 Å². The van der Waals surface area contributed by atoms with Crippen LogP contribution in [0.2, 0.25) is 5.02 Å². The van der Waals surface area contributed by atoms with Crippen LogP contribution in [0.15, 0.2) is 24.3 Å². The molecule has 1 aromatic carbocycles. The van der Waals surface area contributed by atoms with Crippen molar-refractivity contribution in [1.29, 1.82) is 0 Å². The lowest BCUT2D eigenvalue weighted by molar-refractivity contribution is -0.133. The Morgan fingerprint density at radius 1 is 1.20 bits per heavy atom. The average Bonchev–Trinajstić information content (AvgIpc) is 2.74. The van der Waals surface area contributed by atoms with Crippen LogP contribution in [0.5, 0.6) is 0 Å². The number of hydrogen-bond acceptors (Lipinski definition) is 2. The molecule has 4 heteroatoms. The van der Waals surface area contributed by atoms with E-state index in [1.54, 1.807) is 0 Å². The van der Waals surface area contributed by atoms with Crippen molar-refractivity contribution >= 4 is 17.5 Å². The van der Waals surface area contributed by atoms with Crippen molar-refractivity contribution in [2.75, 3.05) is 13.1 Å². The first-order chi connectivity index (χ1) is 9.66. The Bertz CT molecular complexity index is 425. The summed E-state index contributed by atoms with van der Waals surface area (Å²) >= 11 is 5.86. The molecule has 0 aliphatic carbocycles. The fourth-order valence-corrected chi connectivity index (χ4v) is 2.65. The highest BCUT2D eigenvalue weighted by Gasteiger charge is 2.20. The maximum Gasteiger partial charge on any atom is 0.239 e. The third-order valence-electron chi connectivity index (χ3n) is 3.81. The van der Waals surface area contributed by atoms with Crippen LogP contribution in [0, 0.1) is 0 Å². The monoisotopic (exact) mass is 294 g/mol. The summed E-state index contributed by atoms with van der Waals surface area (Å²) < 4.78 is 0. The van der Waals surface area contributed by atoms with Gasteiger partial charge in [0.15, 0.2) is 0 Å². The predicted molar refractivity (Wildman–Crippen MR) is 82.8 cm³/mol. The number of rotatable bonds is 4. The van der Waals surface area contributed by atoms with Gasteiger partial charge in [-0.2, -0.15) is 0 Å². The largest absolute Gasteiger partial charge is 0.341 e. The van der Waals surface area contributed by atoms with Crippen LogP contribution in [0.25, 0.3) is 0 Å². The summed E-state index contributed by atoms with van der Waals surface area (Å²) in [4.78, 5) is 14.4. The molecule has 0 radical (unpaired) electrons. The summed E-state index contributed by atoms with van der Waals surface area (Å²) in [7, 11) is 0. The van der Waals surface area contributed by atoms with Gasteiger partial charge in [0.05, 0.1) is 6.04 Å². The fraction of sp³-hybridized carbons (Fsp3) is 0.562. The Hall–Kier alpha value is -1.06. The van der Waals surface area contributed by atoms with Gasteiger partial charge < -0.3 is 10.2 Å². The van der Waals surface area contributed by atoms with Crippen LogP contribution < -0.4 is 5.32 Å². The molecule has 1 atom stereocenters. The number of benzene rings is 1. The van der Waals surface area contributed by atoms with E-state index in [4.69, 9.17) is 11.6 Å². The van der Waals surface area contributed by atoms with E-state index in [1.807, 2.05) is 36.1 Å². The minimum Gasteiger partial charge on any atom is -0.341 e. The van der Waals surface area contributed by atoms with E-state index < -0.39 is 0 Å². The molecule has 1 aliphatic rings. The molecule has 1 aliphatic heterocycles. The Morgan fingerprint density at radius 2 is 1.80 bits per heavy atom. The molecule has 1 N–H and O–H groups in total. The molecule has 0 spiro atoms. The first kappa shape index (κ1) is 15.3. The van der Waals surface area contributed by atoms with Crippen molar-refractivity contribution in [2.45, 2.75) is 45.2 Å². The highest BCUT2D eigenvalue weighted by atomic mass is 35.5. The quantitative estimate of drug-likeness (QED) is 0.925. The number of carbonyl (C=O) groups is 1. The summed E-state index contributed by atoms with van der Waals surface area (Å²) in [5.41, 5.74) is 1.14. The van der Waals surface area contributed by atoms with Crippen molar-refractivity contribution in [3.05, 3.63) is 34.9 Å². The van der Waals surface area contributed by atoms with E-state index >= 15 is 0 Å². The van der Waals surface area contributed by atoms with E-state index in [1.165, 1.54) is 12.8 Å². The second-order valence-corrected chi connectivity index (χ2v) is 5.90.